The third-order valence-electron chi connectivity index (χ3n) is 6.75. The van der Waals surface area contributed by atoms with E-state index in [0.29, 0.717) is 26.3 Å². The molecule has 36 heavy (non-hydrogen) atoms. The first-order chi connectivity index (χ1) is 17.2. The molecule has 2 N–H and O–H groups in total. The van der Waals surface area contributed by atoms with Crippen LogP contribution in [0.25, 0.3) is 0 Å². The zero-order chi connectivity index (χ0) is 25.7. The van der Waals surface area contributed by atoms with E-state index in [1.54, 1.807) is 18.2 Å². The normalized spacial score (nSPS) is 18.2. The monoisotopic (exact) mass is 516 g/mol. The first kappa shape index (κ1) is 26.6. The number of amides is 1. The number of para-hydroxylation sites is 1. The number of benzene rings is 2. The molecule has 2 aliphatic rings. The Balaban J connectivity index is 1.26. The fraction of sp³-hybridized carbons (Fsp3) is 0.500. The predicted octanol–water partition coefficient (Wildman–Crippen LogP) is 1.27. The molecular weight excluding hydrogens is 480 g/mol. The Bertz CT molecular complexity index is 1160. The smallest absolute Gasteiger partial charge is 0.258 e. The minimum Gasteiger partial charge on any atom is -0.482 e. The molecule has 1 saturated heterocycles. The van der Waals surface area contributed by atoms with Gasteiger partial charge in [0.2, 0.25) is 10.0 Å². The number of carbonyl (C=O) groups is 1. The molecule has 1 amide bonds. The number of hydrogen-bond acceptors (Lipinski definition) is 7. The molecule has 0 spiro atoms. The quantitative estimate of drug-likeness (QED) is 0.490. The molecular formula is C26H36N4O5S. The SMILES string of the molecule is CC(C)N1CCN(S(=O)(=O)c2ccccc2OCC(=O)NC[C@@H](O)CN2CCc3ccccc3C2)C1. The molecule has 0 bridgehead atoms. The zero-order valence-electron chi connectivity index (χ0n) is 21.0. The van der Waals surface area contributed by atoms with Crippen molar-refractivity contribution in [2.45, 2.75) is 43.9 Å². The molecule has 0 radical (unpaired) electrons. The van der Waals surface area contributed by atoms with Crippen LogP contribution in [0.4, 0.5) is 0 Å². The lowest BCUT2D eigenvalue weighted by molar-refractivity contribution is -0.123. The summed E-state index contributed by atoms with van der Waals surface area (Å²) in [4.78, 5) is 16.7. The summed E-state index contributed by atoms with van der Waals surface area (Å²) in [5.74, 6) is -0.277. The van der Waals surface area contributed by atoms with Crippen molar-refractivity contribution < 1.29 is 23.1 Å². The highest BCUT2D eigenvalue weighted by atomic mass is 32.2. The number of hydrogen-bond donors (Lipinski definition) is 2. The van der Waals surface area contributed by atoms with Gasteiger partial charge in [0.15, 0.2) is 6.61 Å². The minimum absolute atomic E-state index is 0.0498. The Hall–Kier alpha value is -2.50. The second kappa shape index (κ2) is 11.7. The van der Waals surface area contributed by atoms with Crippen LogP contribution in [0.2, 0.25) is 0 Å². The first-order valence-corrected chi connectivity index (χ1v) is 13.9. The number of carbonyl (C=O) groups excluding carboxylic acids is 1. The van der Waals surface area contributed by atoms with E-state index in [0.717, 1.165) is 19.5 Å². The molecule has 2 heterocycles. The fourth-order valence-electron chi connectivity index (χ4n) is 4.62. The van der Waals surface area contributed by atoms with Crippen molar-refractivity contribution in [3.05, 3.63) is 59.7 Å². The largest absolute Gasteiger partial charge is 0.482 e. The van der Waals surface area contributed by atoms with Gasteiger partial charge in [-0.1, -0.05) is 36.4 Å². The lowest BCUT2D eigenvalue weighted by Gasteiger charge is -2.30. The van der Waals surface area contributed by atoms with Gasteiger partial charge < -0.3 is 15.2 Å². The van der Waals surface area contributed by atoms with E-state index in [1.807, 2.05) is 26.0 Å². The molecule has 2 aromatic carbocycles. The van der Waals surface area contributed by atoms with E-state index >= 15 is 0 Å². The van der Waals surface area contributed by atoms with Crippen LogP contribution >= 0.6 is 0 Å². The molecule has 196 valence electrons. The lowest BCUT2D eigenvalue weighted by Crippen LogP contribution is -2.43. The highest BCUT2D eigenvalue weighted by molar-refractivity contribution is 7.89. The second-order valence-corrected chi connectivity index (χ2v) is 11.6. The van der Waals surface area contributed by atoms with E-state index in [9.17, 15) is 18.3 Å². The van der Waals surface area contributed by atoms with E-state index < -0.39 is 22.0 Å². The number of β-amino-alcohol motifs (C(OH)–C–C–N with tert-alkyl or cyclic N) is 1. The van der Waals surface area contributed by atoms with Gasteiger partial charge in [0.05, 0.1) is 12.8 Å². The first-order valence-electron chi connectivity index (χ1n) is 12.4. The molecule has 0 aromatic heterocycles. The summed E-state index contributed by atoms with van der Waals surface area (Å²) < 4.78 is 33.5. The third-order valence-corrected chi connectivity index (χ3v) is 8.62. The van der Waals surface area contributed by atoms with Gasteiger partial charge in [-0.3, -0.25) is 14.6 Å². The number of nitrogens with zero attached hydrogens (tertiary/aromatic N) is 3. The van der Waals surface area contributed by atoms with Crippen molar-refractivity contribution in [1.82, 2.24) is 19.4 Å². The van der Waals surface area contributed by atoms with Gasteiger partial charge in [-0.2, -0.15) is 4.31 Å². The maximum Gasteiger partial charge on any atom is 0.258 e. The Morgan fingerprint density at radius 1 is 1.06 bits per heavy atom. The Kier molecular flexibility index (Phi) is 8.63. The Labute approximate surface area is 213 Å². The molecule has 1 fully saturated rings. The van der Waals surface area contributed by atoms with Crippen molar-refractivity contribution in [2.24, 2.45) is 0 Å². The molecule has 4 rings (SSSR count). The van der Waals surface area contributed by atoms with Crippen molar-refractivity contribution >= 4 is 15.9 Å². The van der Waals surface area contributed by atoms with Gasteiger partial charge in [-0.25, -0.2) is 8.42 Å². The number of aliphatic hydroxyl groups excluding tert-OH is 1. The van der Waals surface area contributed by atoms with Crippen LogP contribution in [-0.4, -0.2) is 91.7 Å². The maximum absolute atomic E-state index is 13.2. The summed E-state index contributed by atoms with van der Waals surface area (Å²) in [5, 5.41) is 13.1. The number of ether oxygens (including phenoxy) is 1. The molecule has 1 atom stereocenters. The Morgan fingerprint density at radius 3 is 2.53 bits per heavy atom. The van der Waals surface area contributed by atoms with Crippen molar-refractivity contribution in [1.29, 1.82) is 0 Å². The van der Waals surface area contributed by atoms with Crippen molar-refractivity contribution in [3.8, 4) is 5.75 Å². The summed E-state index contributed by atoms with van der Waals surface area (Å²) in [6.45, 7) is 7.35. The zero-order valence-corrected chi connectivity index (χ0v) is 21.8. The number of aliphatic hydroxyl groups is 1. The topological polar surface area (TPSA) is 102 Å². The van der Waals surface area contributed by atoms with Crippen LogP contribution in [0.15, 0.2) is 53.4 Å². The van der Waals surface area contributed by atoms with Crippen LogP contribution in [0.3, 0.4) is 0 Å². The number of fused-ring (bicyclic) bond motifs is 1. The van der Waals surface area contributed by atoms with E-state index in [4.69, 9.17) is 4.74 Å². The second-order valence-electron chi connectivity index (χ2n) is 9.68. The molecule has 9 nitrogen and oxygen atoms in total. The van der Waals surface area contributed by atoms with E-state index in [2.05, 4.69) is 27.2 Å². The average Bonchev–Trinajstić information content (AvgIpc) is 3.38. The maximum atomic E-state index is 13.2. The number of nitrogens with one attached hydrogen (secondary N) is 1. The summed E-state index contributed by atoms with van der Waals surface area (Å²) in [6, 6.07) is 14.9. The van der Waals surface area contributed by atoms with Crippen molar-refractivity contribution in [2.75, 3.05) is 46.0 Å². The Morgan fingerprint density at radius 2 is 1.78 bits per heavy atom. The standard InChI is InChI=1S/C26H36N4O5S/c1-20(2)29-13-14-30(19-29)36(33,34)25-10-6-5-9-24(25)35-18-26(32)27-15-23(31)17-28-12-11-21-7-3-4-8-22(21)16-28/h3-10,20,23,31H,11-19H2,1-2H3,(H,27,32)/t23-/m1/s1. The predicted molar refractivity (Wildman–Crippen MR) is 137 cm³/mol. The van der Waals surface area contributed by atoms with Gasteiger partial charge in [-0.15, -0.1) is 0 Å². The van der Waals surface area contributed by atoms with Crippen LogP contribution in [-0.2, 0) is 27.8 Å². The van der Waals surface area contributed by atoms with Crippen LogP contribution < -0.4 is 10.1 Å². The van der Waals surface area contributed by atoms with Gasteiger partial charge in [0.25, 0.3) is 5.91 Å². The summed E-state index contributed by atoms with van der Waals surface area (Å²) >= 11 is 0. The van der Waals surface area contributed by atoms with Crippen LogP contribution in [0.1, 0.15) is 25.0 Å². The molecule has 10 heteroatoms. The highest BCUT2D eigenvalue weighted by Gasteiger charge is 2.34. The third kappa shape index (κ3) is 6.43. The fourth-order valence-corrected chi connectivity index (χ4v) is 6.15. The number of rotatable bonds is 10. The lowest BCUT2D eigenvalue weighted by atomic mass is 10.00. The summed E-state index contributed by atoms with van der Waals surface area (Å²) in [7, 11) is -3.76. The highest BCUT2D eigenvalue weighted by Crippen LogP contribution is 2.28. The van der Waals surface area contributed by atoms with Crippen molar-refractivity contribution in [3.63, 3.8) is 0 Å². The van der Waals surface area contributed by atoms with Gasteiger partial charge in [0.1, 0.15) is 10.6 Å². The molecule has 2 aliphatic heterocycles. The van der Waals surface area contributed by atoms with Gasteiger partial charge >= 0.3 is 0 Å². The molecule has 0 saturated carbocycles. The van der Waals surface area contributed by atoms with Gasteiger partial charge in [-0.05, 0) is 43.5 Å². The summed E-state index contributed by atoms with van der Waals surface area (Å²) in [6.07, 6.45) is 0.226. The van der Waals surface area contributed by atoms with E-state index in [1.165, 1.54) is 21.5 Å². The molecule has 0 unspecified atom stereocenters. The average molecular weight is 517 g/mol. The molecule has 2 aromatic rings. The minimum atomic E-state index is -3.76. The van der Waals surface area contributed by atoms with Gasteiger partial charge in [0, 0.05) is 45.3 Å². The van der Waals surface area contributed by atoms with E-state index in [-0.39, 0.29) is 29.8 Å². The number of sulfonamides is 1. The van der Waals surface area contributed by atoms with Crippen LogP contribution in [0.5, 0.6) is 5.75 Å². The van der Waals surface area contributed by atoms with Crippen LogP contribution in [0, 0.1) is 0 Å². The summed E-state index contributed by atoms with van der Waals surface area (Å²) in [5.41, 5.74) is 2.62. The molecule has 0 aliphatic carbocycles.